The lowest BCUT2D eigenvalue weighted by Gasteiger charge is -2.33. The standard InChI is InChI=1S/C14H20N2O3S/c1-3-7-15-8-10-16(11-9-15)20(17,18)14-6-4-5-13(12-14)19-2/h3-6,12H,1,7-11H2,2H3. The van der Waals surface area contributed by atoms with Crippen molar-refractivity contribution >= 4 is 10.0 Å². The Morgan fingerprint density at radius 1 is 1.30 bits per heavy atom. The van der Waals surface area contributed by atoms with Crippen molar-refractivity contribution in [3.05, 3.63) is 36.9 Å². The van der Waals surface area contributed by atoms with Gasteiger partial charge in [-0.25, -0.2) is 8.42 Å². The largest absolute Gasteiger partial charge is 0.497 e. The summed E-state index contributed by atoms with van der Waals surface area (Å²) in [6.07, 6.45) is 1.84. The van der Waals surface area contributed by atoms with Gasteiger partial charge in [0.1, 0.15) is 5.75 Å². The average Bonchev–Trinajstić information content (AvgIpc) is 2.48. The zero-order chi connectivity index (χ0) is 14.6. The van der Waals surface area contributed by atoms with E-state index in [1.807, 2.05) is 6.08 Å². The molecule has 1 heterocycles. The highest BCUT2D eigenvalue weighted by Gasteiger charge is 2.28. The minimum Gasteiger partial charge on any atom is -0.497 e. The summed E-state index contributed by atoms with van der Waals surface area (Å²) < 4.78 is 31.7. The van der Waals surface area contributed by atoms with Crippen LogP contribution in [0.2, 0.25) is 0 Å². The minimum absolute atomic E-state index is 0.286. The van der Waals surface area contributed by atoms with Gasteiger partial charge in [-0.05, 0) is 12.1 Å². The van der Waals surface area contributed by atoms with Crippen LogP contribution in [0, 0.1) is 0 Å². The van der Waals surface area contributed by atoms with Gasteiger partial charge in [0.25, 0.3) is 0 Å². The molecule has 5 nitrogen and oxygen atoms in total. The molecule has 1 aromatic carbocycles. The van der Waals surface area contributed by atoms with Crippen molar-refractivity contribution in [2.24, 2.45) is 0 Å². The highest BCUT2D eigenvalue weighted by atomic mass is 32.2. The van der Waals surface area contributed by atoms with E-state index < -0.39 is 10.0 Å². The molecule has 0 aliphatic carbocycles. The molecular formula is C14H20N2O3S. The van der Waals surface area contributed by atoms with Crippen LogP contribution >= 0.6 is 0 Å². The van der Waals surface area contributed by atoms with Gasteiger partial charge in [-0.3, -0.25) is 4.90 Å². The Hall–Kier alpha value is -1.37. The Bertz CT molecular complexity index is 564. The van der Waals surface area contributed by atoms with Crippen molar-refractivity contribution < 1.29 is 13.2 Å². The van der Waals surface area contributed by atoms with Gasteiger partial charge in [0.2, 0.25) is 10.0 Å². The first-order valence-corrected chi connectivity index (χ1v) is 7.99. The van der Waals surface area contributed by atoms with Crippen molar-refractivity contribution in [1.29, 1.82) is 0 Å². The molecule has 110 valence electrons. The Morgan fingerprint density at radius 3 is 2.60 bits per heavy atom. The minimum atomic E-state index is -3.43. The molecule has 1 aliphatic heterocycles. The first kappa shape index (κ1) is 15.0. The molecule has 1 fully saturated rings. The molecule has 0 N–H and O–H groups in total. The van der Waals surface area contributed by atoms with Gasteiger partial charge in [-0.1, -0.05) is 12.1 Å². The summed E-state index contributed by atoms with van der Waals surface area (Å²) in [7, 11) is -1.90. The summed E-state index contributed by atoms with van der Waals surface area (Å²) in [6, 6.07) is 6.60. The number of methoxy groups -OCH3 is 1. The molecule has 0 aromatic heterocycles. The smallest absolute Gasteiger partial charge is 0.243 e. The van der Waals surface area contributed by atoms with Crippen LogP contribution in [0.5, 0.6) is 5.75 Å². The third-order valence-corrected chi connectivity index (χ3v) is 5.29. The van der Waals surface area contributed by atoms with Gasteiger partial charge in [-0.15, -0.1) is 6.58 Å². The van der Waals surface area contributed by atoms with Gasteiger partial charge < -0.3 is 4.74 Å². The molecule has 0 atom stereocenters. The highest BCUT2D eigenvalue weighted by molar-refractivity contribution is 7.89. The van der Waals surface area contributed by atoms with Gasteiger partial charge in [0.05, 0.1) is 12.0 Å². The van der Waals surface area contributed by atoms with E-state index in [-0.39, 0.29) is 4.90 Å². The van der Waals surface area contributed by atoms with Gasteiger partial charge in [0, 0.05) is 38.8 Å². The number of benzene rings is 1. The first-order valence-electron chi connectivity index (χ1n) is 6.55. The average molecular weight is 296 g/mol. The topological polar surface area (TPSA) is 49.9 Å². The Kier molecular flexibility index (Phi) is 4.80. The summed E-state index contributed by atoms with van der Waals surface area (Å²) in [6.45, 7) is 6.98. The molecule has 0 radical (unpaired) electrons. The lowest BCUT2D eigenvalue weighted by Crippen LogP contribution is -2.48. The Morgan fingerprint density at radius 2 is 2.00 bits per heavy atom. The van der Waals surface area contributed by atoms with E-state index in [0.717, 1.165) is 19.6 Å². The van der Waals surface area contributed by atoms with E-state index in [0.29, 0.717) is 18.8 Å². The van der Waals surface area contributed by atoms with Gasteiger partial charge >= 0.3 is 0 Å². The van der Waals surface area contributed by atoms with Gasteiger partial charge in [0.15, 0.2) is 0 Å². The zero-order valence-corrected chi connectivity index (χ0v) is 12.5. The maximum absolute atomic E-state index is 12.6. The second-order valence-electron chi connectivity index (χ2n) is 4.67. The second-order valence-corrected chi connectivity index (χ2v) is 6.61. The number of piperazine rings is 1. The number of nitrogens with zero attached hydrogens (tertiary/aromatic N) is 2. The molecule has 0 bridgehead atoms. The fourth-order valence-electron chi connectivity index (χ4n) is 2.25. The number of sulfonamides is 1. The van der Waals surface area contributed by atoms with Crippen LogP contribution in [0.1, 0.15) is 0 Å². The monoisotopic (exact) mass is 296 g/mol. The highest BCUT2D eigenvalue weighted by Crippen LogP contribution is 2.21. The third-order valence-electron chi connectivity index (χ3n) is 3.40. The predicted molar refractivity (Wildman–Crippen MR) is 78.4 cm³/mol. The van der Waals surface area contributed by atoms with Crippen molar-refractivity contribution in [3.63, 3.8) is 0 Å². The molecule has 1 aliphatic rings. The maximum Gasteiger partial charge on any atom is 0.243 e. The molecule has 0 unspecified atom stereocenters. The number of hydrogen-bond acceptors (Lipinski definition) is 4. The fraction of sp³-hybridized carbons (Fsp3) is 0.429. The lowest BCUT2D eigenvalue weighted by atomic mass is 10.3. The molecule has 0 spiro atoms. The van der Waals surface area contributed by atoms with E-state index in [2.05, 4.69) is 11.5 Å². The lowest BCUT2D eigenvalue weighted by molar-refractivity contribution is 0.204. The van der Waals surface area contributed by atoms with Crippen LogP contribution in [0.25, 0.3) is 0 Å². The molecule has 20 heavy (non-hydrogen) atoms. The van der Waals surface area contributed by atoms with Gasteiger partial charge in [-0.2, -0.15) is 4.31 Å². The van der Waals surface area contributed by atoms with E-state index in [1.54, 1.807) is 24.3 Å². The third kappa shape index (κ3) is 3.20. The summed E-state index contributed by atoms with van der Waals surface area (Å²) >= 11 is 0. The zero-order valence-electron chi connectivity index (χ0n) is 11.7. The van der Waals surface area contributed by atoms with Crippen LogP contribution < -0.4 is 4.74 Å². The molecule has 0 amide bonds. The quantitative estimate of drug-likeness (QED) is 0.766. The van der Waals surface area contributed by atoms with E-state index in [9.17, 15) is 8.42 Å². The number of ether oxygens (including phenoxy) is 1. The fourth-order valence-corrected chi connectivity index (χ4v) is 3.70. The molecule has 0 saturated carbocycles. The van der Waals surface area contributed by atoms with Crippen LogP contribution in [0.3, 0.4) is 0 Å². The predicted octanol–water partition coefficient (Wildman–Crippen LogP) is 1.19. The Balaban J connectivity index is 2.13. The maximum atomic E-state index is 12.6. The van der Waals surface area contributed by atoms with Crippen LogP contribution in [0.4, 0.5) is 0 Å². The summed E-state index contributed by atoms with van der Waals surface area (Å²) in [5.74, 6) is 0.552. The van der Waals surface area contributed by atoms with Crippen LogP contribution in [-0.2, 0) is 10.0 Å². The molecule has 1 saturated heterocycles. The SMILES string of the molecule is C=CCN1CCN(S(=O)(=O)c2cccc(OC)c2)CC1. The van der Waals surface area contributed by atoms with Crippen LogP contribution in [-0.4, -0.2) is 57.5 Å². The summed E-state index contributed by atoms with van der Waals surface area (Å²) in [4.78, 5) is 2.47. The second kappa shape index (κ2) is 6.39. The normalized spacial score (nSPS) is 17.9. The Labute approximate surface area is 120 Å². The number of rotatable bonds is 5. The summed E-state index contributed by atoms with van der Waals surface area (Å²) in [5.41, 5.74) is 0. The van der Waals surface area contributed by atoms with Crippen molar-refractivity contribution in [1.82, 2.24) is 9.21 Å². The van der Waals surface area contributed by atoms with Crippen molar-refractivity contribution in [2.75, 3.05) is 39.8 Å². The number of hydrogen-bond donors (Lipinski definition) is 0. The van der Waals surface area contributed by atoms with Crippen LogP contribution in [0.15, 0.2) is 41.8 Å². The summed E-state index contributed by atoms with van der Waals surface area (Å²) in [5, 5.41) is 0. The van der Waals surface area contributed by atoms with E-state index >= 15 is 0 Å². The van der Waals surface area contributed by atoms with E-state index in [4.69, 9.17) is 4.74 Å². The first-order chi connectivity index (χ1) is 9.57. The van der Waals surface area contributed by atoms with Crippen molar-refractivity contribution in [3.8, 4) is 5.75 Å². The molecule has 1 aromatic rings. The molecule has 6 heteroatoms. The molecule has 2 rings (SSSR count). The molecular weight excluding hydrogens is 276 g/mol. The van der Waals surface area contributed by atoms with Crippen molar-refractivity contribution in [2.45, 2.75) is 4.90 Å². The van der Waals surface area contributed by atoms with E-state index in [1.165, 1.54) is 11.4 Å².